The molecule has 0 bridgehead atoms. The van der Waals surface area contributed by atoms with Gasteiger partial charge in [-0.25, -0.2) is 0 Å². The zero-order valence-electron chi connectivity index (χ0n) is 14.4. The molecule has 0 aromatic heterocycles. The van der Waals surface area contributed by atoms with Gasteiger partial charge in [-0.05, 0) is 36.8 Å². The van der Waals surface area contributed by atoms with Crippen molar-refractivity contribution in [3.05, 3.63) is 48.0 Å². The Bertz CT molecular complexity index is 800. The molecule has 1 atom stereocenters. The van der Waals surface area contributed by atoms with Crippen molar-refractivity contribution in [3.8, 4) is 11.5 Å². The molecule has 1 heterocycles. The van der Waals surface area contributed by atoms with E-state index in [0.717, 1.165) is 17.0 Å². The van der Waals surface area contributed by atoms with Gasteiger partial charge in [-0.2, -0.15) is 8.78 Å². The van der Waals surface area contributed by atoms with E-state index in [1.807, 2.05) is 24.3 Å². The number of benzene rings is 2. The van der Waals surface area contributed by atoms with Crippen LogP contribution >= 0.6 is 11.8 Å². The standard InChI is InChI=1S/C19H19F2NO3S/c1-12-9-10-22(14-5-3-4-6-17(14)26-12)18(23)13-7-8-15(24-2)16(11-13)25-19(20)21/h3-8,11-12,19H,9-10H2,1-2H3/t12-/m1/s1. The SMILES string of the molecule is COc1ccc(C(=O)N2CC[C@@H](C)Sc3ccccc32)cc1OC(F)F. The lowest BCUT2D eigenvalue weighted by Crippen LogP contribution is -2.32. The summed E-state index contributed by atoms with van der Waals surface area (Å²) in [6.45, 7) is -0.316. The monoisotopic (exact) mass is 379 g/mol. The molecule has 3 rings (SSSR count). The summed E-state index contributed by atoms with van der Waals surface area (Å²) in [6.07, 6.45) is 0.835. The maximum atomic E-state index is 13.1. The van der Waals surface area contributed by atoms with Crippen LogP contribution < -0.4 is 14.4 Å². The van der Waals surface area contributed by atoms with Crippen LogP contribution in [0.1, 0.15) is 23.7 Å². The van der Waals surface area contributed by atoms with Crippen LogP contribution in [0.5, 0.6) is 11.5 Å². The summed E-state index contributed by atoms with van der Waals surface area (Å²) in [5, 5.41) is 0.377. The second-order valence-corrected chi connectivity index (χ2v) is 7.37. The van der Waals surface area contributed by atoms with Crippen LogP contribution in [0.2, 0.25) is 0 Å². The molecule has 138 valence electrons. The van der Waals surface area contributed by atoms with E-state index in [2.05, 4.69) is 11.7 Å². The highest BCUT2D eigenvalue weighted by molar-refractivity contribution is 8.00. The van der Waals surface area contributed by atoms with Crippen molar-refractivity contribution in [3.63, 3.8) is 0 Å². The molecular weight excluding hydrogens is 360 g/mol. The number of amides is 1. The van der Waals surface area contributed by atoms with Crippen LogP contribution in [0.3, 0.4) is 0 Å². The molecule has 7 heteroatoms. The first kappa shape index (κ1) is 18.5. The molecule has 1 aliphatic rings. The van der Waals surface area contributed by atoms with E-state index in [9.17, 15) is 13.6 Å². The van der Waals surface area contributed by atoms with Gasteiger partial charge in [0.25, 0.3) is 5.91 Å². The van der Waals surface area contributed by atoms with E-state index in [-0.39, 0.29) is 23.0 Å². The summed E-state index contributed by atoms with van der Waals surface area (Å²) < 4.78 is 34.8. The number of halogens is 2. The fourth-order valence-electron chi connectivity index (χ4n) is 2.85. The predicted molar refractivity (Wildman–Crippen MR) is 97.7 cm³/mol. The summed E-state index contributed by atoms with van der Waals surface area (Å²) in [6, 6.07) is 12.0. The Morgan fingerprint density at radius 2 is 2.00 bits per heavy atom. The van der Waals surface area contributed by atoms with Crippen molar-refractivity contribution in [2.75, 3.05) is 18.6 Å². The van der Waals surface area contributed by atoms with Crippen LogP contribution in [0.15, 0.2) is 47.4 Å². The quantitative estimate of drug-likeness (QED) is 0.763. The number of fused-ring (bicyclic) bond motifs is 1. The third kappa shape index (κ3) is 3.93. The lowest BCUT2D eigenvalue weighted by molar-refractivity contribution is -0.0512. The molecule has 0 unspecified atom stereocenters. The van der Waals surface area contributed by atoms with Crippen molar-refractivity contribution in [1.82, 2.24) is 0 Å². The number of para-hydroxylation sites is 1. The average molecular weight is 379 g/mol. The fraction of sp³-hybridized carbons (Fsp3) is 0.316. The number of methoxy groups -OCH3 is 1. The first-order valence-electron chi connectivity index (χ1n) is 8.20. The van der Waals surface area contributed by atoms with Gasteiger partial charge in [0.05, 0.1) is 12.8 Å². The van der Waals surface area contributed by atoms with E-state index in [4.69, 9.17) is 4.74 Å². The summed E-state index contributed by atoms with van der Waals surface area (Å²) in [7, 11) is 1.36. The van der Waals surface area contributed by atoms with Crippen molar-refractivity contribution in [2.45, 2.75) is 30.1 Å². The van der Waals surface area contributed by atoms with Gasteiger partial charge in [0.1, 0.15) is 0 Å². The van der Waals surface area contributed by atoms with E-state index in [1.54, 1.807) is 22.7 Å². The maximum absolute atomic E-state index is 13.1. The van der Waals surface area contributed by atoms with Gasteiger partial charge in [0.2, 0.25) is 0 Å². The van der Waals surface area contributed by atoms with Gasteiger partial charge in [-0.15, -0.1) is 11.8 Å². The van der Waals surface area contributed by atoms with Gasteiger partial charge >= 0.3 is 6.61 Å². The zero-order chi connectivity index (χ0) is 18.7. The maximum Gasteiger partial charge on any atom is 0.387 e. The topological polar surface area (TPSA) is 38.8 Å². The van der Waals surface area contributed by atoms with Gasteiger partial charge in [0, 0.05) is 22.3 Å². The number of hydrogen-bond acceptors (Lipinski definition) is 4. The molecule has 0 aliphatic carbocycles. The average Bonchev–Trinajstić information content (AvgIpc) is 2.78. The molecular formula is C19H19F2NO3S. The van der Waals surface area contributed by atoms with E-state index in [0.29, 0.717) is 11.8 Å². The van der Waals surface area contributed by atoms with Crippen LogP contribution in [0.25, 0.3) is 0 Å². The number of hydrogen-bond donors (Lipinski definition) is 0. The smallest absolute Gasteiger partial charge is 0.387 e. The third-order valence-electron chi connectivity index (χ3n) is 4.12. The minimum Gasteiger partial charge on any atom is -0.493 e. The number of alkyl halides is 2. The Labute approximate surface area is 155 Å². The van der Waals surface area contributed by atoms with Crippen LogP contribution in [0, 0.1) is 0 Å². The van der Waals surface area contributed by atoms with Crippen molar-refractivity contribution < 1.29 is 23.0 Å². The predicted octanol–water partition coefficient (Wildman–Crippen LogP) is 4.83. The van der Waals surface area contributed by atoms with Gasteiger partial charge in [-0.3, -0.25) is 4.79 Å². The first-order chi connectivity index (χ1) is 12.5. The summed E-state index contributed by atoms with van der Waals surface area (Å²) in [4.78, 5) is 15.8. The largest absolute Gasteiger partial charge is 0.493 e. The lowest BCUT2D eigenvalue weighted by atomic mass is 10.1. The summed E-state index contributed by atoms with van der Waals surface area (Å²) in [5.74, 6) is -0.254. The van der Waals surface area contributed by atoms with Crippen LogP contribution in [-0.4, -0.2) is 31.4 Å². The van der Waals surface area contributed by atoms with E-state index in [1.165, 1.54) is 19.2 Å². The molecule has 1 aliphatic heterocycles. The number of rotatable bonds is 4. The molecule has 4 nitrogen and oxygen atoms in total. The Kier molecular flexibility index (Phi) is 5.66. The molecule has 2 aromatic rings. The second kappa shape index (κ2) is 7.95. The van der Waals surface area contributed by atoms with Crippen molar-refractivity contribution in [1.29, 1.82) is 0 Å². The lowest BCUT2D eigenvalue weighted by Gasteiger charge is -2.23. The third-order valence-corrected chi connectivity index (χ3v) is 5.35. The Morgan fingerprint density at radius 1 is 1.23 bits per heavy atom. The highest BCUT2D eigenvalue weighted by Gasteiger charge is 2.26. The first-order valence-corrected chi connectivity index (χ1v) is 9.08. The number of carbonyl (C=O) groups excluding carboxylic acids is 1. The minimum absolute atomic E-state index is 0.154. The highest BCUT2D eigenvalue weighted by atomic mass is 32.2. The number of anilines is 1. The molecule has 0 spiro atoms. The molecule has 2 aromatic carbocycles. The van der Waals surface area contributed by atoms with Gasteiger partial charge in [-0.1, -0.05) is 19.1 Å². The minimum atomic E-state index is -2.99. The summed E-state index contributed by atoms with van der Waals surface area (Å²) in [5.41, 5.74) is 1.11. The molecule has 1 amide bonds. The normalized spacial score (nSPS) is 16.8. The van der Waals surface area contributed by atoms with Crippen LogP contribution in [-0.2, 0) is 0 Å². The van der Waals surface area contributed by atoms with Gasteiger partial charge < -0.3 is 14.4 Å². The molecule has 0 saturated heterocycles. The molecule has 0 radical (unpaired) electrons. The molecule has 0 N–H and O–H groups in total. The zero-order valence-corrected chi connectivity index (χ0v) is 15.3. The Morgan fingerprint density at radius 3 is 2.73 bits per heavy atom. The molecule has 0 fully saturated rings. The summed E-state index contributed by atoms with van der Waals surface area (Å²) >= 11 is 1.73. The van der Waals surface area contributed by atoms with E-state index < -0.39 is 6.61 Å². The molecule has 26 heavy (non-hydrogen) atoms. The van der Waals surface area contributed by atoms with Gasteiger partial charge in [0.15, 0.2) is 11.5 Å². The number of thioether (sulfide) groups is 1. The molecule has 0 saturated carbocycles. The number of ether oxygens (including phenoxy) is 2. The second-order valence-electron chi connectivity index (χ2n) is 5.89. The van der Waals surface area contributed by atoms with Crippen molar-refractivity contribution in [2.24, 2.45) is 0 Å². The Balaban J connectivity index is 1.96. The van der Waals surface area contributed by atoms with E-state index >= 15 is 0 Å². The van der Waals surface area contributed by atoms with Crippen LogP contribution in [0.4, 0.5) is 14.5 Å². The fourth-order valence-corrected chi connectivity index (χ4v) is 3.96. The Hall–Kier alpha value is -2.28. The highest BCUT2D eigenvalue weighted by Crippen LogP contribution is 2.38. The van der Waals surface area contributed by atoms with Crippen molar-refractivity contribution >= 4 is 23.4 Å². The number of nitrogens with zero attached hydrogens (tertiary/aromatic N) is 1. The number of carbonyl (C=O) groups is 1.